The number of aryl methyl sites for hydroxylation is 1. The maximum absolute atomic E-state index is 12.0. The third kappa shape index (κ3) is 3.97. The average molecular weight is 281 g/mol. The molecule has 0 saturated carbocycles. The number of carbonyl (C=O) groups excluding carboxylic acids is 2. The molecule has 0 aliphatic carbocycles. The molecule has 20 heavy (non-hydrogen) atoms. The van der Waals surface area contributed by atoms with Crippen molar-refractivity contribution in [1.82, 2.24) is 20.0 Å². The SMILES string of the molecule is CCCNC(=O)CN(C)C(=O)Cn1nc(C)c(N)c1C. The molecule has 0 fully saturated rings. The van der Waals surface area contributed by atoms with Gasteiger partial charge in [-0.05, 0) is 20.3 Å². The zero-order chi connectivity index (χ0) is 15.3. The Morgan fingerprint density at radius 3 is 2.55 bits per heavy atom. The molecule has 0 atom stereocenters. The largest absolute Gasteiger partial charge is 0.396 e. The molecule has 0 saturated heterocycles. The second-order valence-corrected chi connectivity index (χ2v) is 4.84. The molecule has 1 aromatic rings. The molecule has 1 aromatic heterocycles. The fraction of sp³-hybridized carbons (Fsp3) is 0.615. The first-order valence-electron chi connectivity index (χ1n) is 6.67. The molecule has 0 radical (unpaired) electrons. The van der Waals surface area contributed by atoms with Crippen molar-refractivity contribution in [3.63, 3.8) is 0 Å². The van der Waals surface area contributed by atoms with E-state index in [9.17, 15) is 9.59 Å². The Morgan fingerprint density at radius 1 is 1.40 bits per heavy atom. The smallest absolute Gasteiger partial charge is 0.244 e. The first kappa shape index (κ1) is 16.0. The van der Waals surface area contributed by atoms with Crippen molar-refractivity contribution < 1.29 is 9.59 Å². The van der Waals surface area contributed by atoms with E-state index in [2.05, 4.69) is 10.4 Å². The average Bonchev–Trinajstić information content (AvgIpc) is 2.63. The number of nitrogens with one attached hydrogen (secondary N) is 1. The van der Waals surface area contributed by atoms with E-state index in [0.717, 1.165) is 12.1 Å². The van der Waals surface area contributed by atoms with Gasteiger partial charge in [0.1, 0.15) is 6.54 Å². The Hall–Kier alpha value is -2.05. The number of nitrogen functional groups attached to an aromatic ring is 1. The summed E-state index contributed by atoms with van der Waals surface area (Å²) in [5.74, 6) is -0.335. The van der Waals surface area contributed by atoms with Crippen molar-refractivity contribution in [1.29, 1.82) is 0 Å². The maximum atomic E-state index is 12.0. The van der Waals surface area contributed by atoms with Crippen molar-refractivity contribution in [3.8, 4) is 0 Å². The zero-order valence-corrected chi connectivity index (χ0v) is 12.6. The third-order valence-corrected chi connectivity index (χ3v) is 3.10. The van der Waals surface area contributed by atoms with Crippen LogP contribution >= 0.6 is 0 Å². The highest BCUT2D eigenvalue weighted by Crippen LogP contribution is 2.14. The number of nitrogens with zero attached hydrogens (tertiary/aromatic N) is 3. The molecular weight excluding hydrogens is 258 g/mol. The van der Waals surface area contributed by atoms with E-state index in [1.807, 2.05) is 13.8 Å². The monoisotopic (exact) mass is 281 g/mol. The highest BCUT2D eigenvalue weighted by molar-refractivity contribution is 5.84. The molecule has 0 aliphatic rings. The van der Waals surface area contributed by atoms with Gasteiger partial charge in [0.25, 0.3) is 0 Å². The van der Waals surface area contributed by atoms with Crippen molar-refractivity contribution in [2.75, 3.05) is 25.9 Å². The van der Waals surface area contributed by atoms with Gasteiger partial charge in [0, 0.05) is 13.6 Å². The third-order valence-electron chi connectivity index (χ3n) is 3.10. The number of amides is 2. The van der Waals surface area contributed by atoms with Gasteiger partial charge in [-0.25, -0.2) is 0 Å². The lowest BCUT2D eigenvalue weighted by atomic mass is 10.3. The number of rotatable bonds is 6. The van der Waals surface area contributed by atoms with E-state index < -0.39 is 0 Å². The molecule has 0 spiro atoms. The van der Waals surface area contributed by atoms with E-state index >= 15 is 0 Å². The summed E-state index contributed by atoms with van der Waals surface area (Å²) >= 11 is 0. The Balaban J connectivity index is 2.57. The molecule has 1 heterocycles. The van der Waals surface area contributed by atoms with E-state index in [-0.39, 0.29) is 24.9 Å². The van der Waals surface area contributed by atoms with Crippen LogP contribution in [0.4, 0.5) is 5.69 Å². The van der Waals surface area contributed by atoms with Crippen LogP contribution in [0.3, 0.4) is 0 Å². The lowest BCUT2D eigenvalue weighted by Gasteiger charge is -2.17. The van der Waals surface area contributed by atoms with Gasteiger partial charge in [0.05, 0.1) is 23.6 Å². The number of carbonyl (C=O) groups is 2. The van der Waals surface area contributed by atoms with Gasteiger partial charge in [-0.1, -0.05) is 6.92 Å². The van der Waals surface area contributed by atoms with E-state index in [1.54, 1.807) is 18.7 Å². The molecule has 3 N–H and O–H groups in total. The van der Waals surface area contributed by atoms with Gasteiger partial charge in [-0.3, -0.25) is 14.3 Å². The summed E-state index contributed by atoms with van der Waals surface area (Å²) < 4.78 is 1.56. The number of hydrogen-bond donors (Lipinski definition) is 2. The molecule has 0 unspecified atom stereocenters. The number of aromatic nitrogens is 2. The molecule has 112 valence electrons. The molecule has 7 heteroatoms. The molecule has 2 amide bonds. The molecule has 7 nitrogen and oxygen atoms in total. The summed E-state index contributed by atoms with van der Waals surface area (Å²) in [7, 11) is 1.60. The first-order chi connectivity index (χ1) is 9.36. The predicted octanol–water partition coefficient (Wildman–Crippen LogP) is 0.0667. The molecule has 0 aromatic carbocycles. The van der Waals surface area contributed by atoms with Crippen molar-refractivity contribution in [2.45, 2.75) is 33.7 Å². The highest BCUT2D eigenvalue weighted by atomic mass is 16.2. The van der Waals surface area contributed by atoms with Crippen molar-refractivity contribution >= 4 is 17.5 Å². The number of anilines is 1. The molecule has 1 rings (SSSR count). The summed E-state index contributed by atoms with van der Waals surface area (Å²) in [6.45, 7) is 6.34. The predicted molar refractivity (Wildman–Crippen MR) is 77.1 cm³/mol. The van der Waals surface area contributed by atoms with Crippen LogP contribution < -0.4 is 11.1 Å². The van der Waals surface area contributed by atoms with Crippen molar-refractivity contribution in [3.05, 3.63) is 11.4 Å². The molecule has 0 aliphatic heterocycles. The van der Waals surface area contributed by atoms with Gasteiger partial charge in [0.2, 0.25) is 11.8 Å². The topological polar surface area (TPSA) is 93.2 Å². The van der Waals surface area contributed by atoms with Crippen LogP contribution in [0.5, 0.6) is 0 Å². The standard InChI is InChI=1S/C13H23N5O2/c1-5-6-15-11(19)7-17(4)12(20)8-18-10(3)13(14)9(2)16-18/h5-8,14H2,1-4H3,(H,15,19). The number of nitrogens with two attached hydrogens (primary N) is 1. The summed E-state index contributed by atoms with van der Waals surface area (Å²) in [4.78, 5) is 25.0. The molecular formula is C13H23N5O2. The second kappa shape index (κ2) is 6.93. The van der Waals surface area contributed by atoms with Gasteiger partial charge in [0.15, 0.2) is 0 Å². The van der Waals surface area contributed by atoms with Crippen LogP contribution in [0, 0.1) is 13.8 Å². The van der Waals surface area contributed by atoms with E-state index in [1.165, 1.54) is 4.90 Å². The Morgan fingerprint density at radius 2 is 2.05 bits per heavy atom. The lowest BCUT2D eigenvalue weighted by molar-refractivity contribution is -0.135. The lowest BCUT2D eigenvalue weighted by Crippen LogP contribution is -2.40. The fourth-order valence-corrected chi connectivity index (χ4v) is 1.74. The zero-order valence-electron chi connectivity index (χ0n) is 12.6. The summed E-state index contributed by atoms with van der Waals surface area (Å²) in [5.41, 5.74) is 7.89. The number of likely N-dealkylation sites (N-methyl/N-ethyl adjacent to an activating group) is 1. The summed E-state index contributed by atoms with van der Waals surface area (Å²) in [6, 6.07) is 0. The van der Waals surface area contributed by atoms with E-state index in [4.69, 9.17) is 5.73 Å². The van der Waals surface area contributed by atoms with Gasteiger partial charge in [-0.15, -0.1) is 0 Å². The van der Waals surface area contributed by atoms with Crippen molar-refractivity contribution in [2.24, 2.45) is 0 Å². The summed E-state index contributed by atoms with van der Waals surface area (Å²) in [6.07, 6.45) is 0.869. The van der Waals surface area contributed by atoms with Crippen LogP contribution in [0.2, 0.25) is 0 Å². The quantitative estimate of drug-likeness (QED) is 0.771. The first-order valence-corrected chi connectivity index (χ1v) is 6.67. The van der Waals surface area contributed by atoms with Crippen LogP contribution in [0.25, 0.3) is 0 Å². The van der Waals surface area contributed by atoms with Crippen LogP contribution in [-0.4, -0.2) is 46.6 Å². The van der Waals surface area contributed by atoms with Gasteiger partial charge >= 0.3 is 0 Å². The Labute approximate surface area is 119 Å². The maximum Gasteiger partial charge on any atom is 0.244 e. The van der Waals surface area contributed by atoms with E-state index in [0.29, 0.717) is 17.9 Å². The minimum absolute atomic E-state index is 0.0492. The Bertz CT molecular complexity index is 495. The van der Waals surface area contributed by atoms with Crippen LogP contribution in [-0.2, 0) is 16.1 Å². The minimum atomic E-state index is -0.178. The van der Waals surface area contributed by atoms with Crippen LogP contribution in [0.1, 0.15) is 24.7 Å². The van der Waals surface area contributed by atoms with Gasteiger partial charge < -0.3 is 16.0 Å². The van der Waals surface area contributed by atoms with Crippen LogP contribution in [0.15, 0.2) is 0 Å². The second-order valence-electron chi connectivity index (χ2n) is 4.84. The molecule has 0 bridgehead atoms. The number of hydrogen-bond acceptors (Lipinski definition) is 4. The van der Waals surface area contributed by atoms with Gasteiger partial charge in [-0.2, -0.15) is 5.10 Å². The fourth-order valence-electron chi connectivity index (χ4n) is 1.74. The minimum Gasteiger partial charge on any atom is -0.396 e. The highest BCUT2D eigenvalue weighted by Gasteiger charge is 2.16. The Kier molecular flexibility index (Phi) is 5.54. The normalized spacial score (nSPS) is 10.4. The summed E-state index contributed by atoms with van der Waals surface area (Å²) in [5, 5.41) is 6.94.